The van der Waals surface area contributed by atoms with Crippen LogP contribution in [-0.4, -0.2) is 49.3 Å². The zero-order valence-corrected chi connectivity index (χ0v) is 13.1. The van der Waals surface area contributed by atoms with E-state index in [4.69, 9.17) is 4.74 Å². The van der Waals surface area contributed by atoms with E-state index >= 15 is 0 Å². The first-order chi connectivity index (χ1) is 8.89. The molecule has 0 aromatic heterocycles. The van der Waals surface area contributed by atoms with Gasteiger partial charge in [0.25, 0.3) is 0 Å². The van der Waals surface area contributed by atoms with E-state index < -0.39 is 0 Å². The molecule has 0 amide bonds. The van der Waals surface area contributed by atoms with Crippen LogP contribution < -0.4 is 5.32 Å². The summed E-state index contributed by atoms with van der Waals surface area (Å²) in [7, 11) is 2.07. The topological polar surface area (TPSA) is 48.3 Å². The van der Waals surface area contributed by atoms with Crippen molar-refractivity contribution in [3.8, 4) is 6.07 Å². The minimum absolute atomic E-state index is 0.270. The molecule has 0 aliphatic heterocycles. The molecule has 110 valence electrons. The number of nitriles is 1. The molecular weight excluding hydrogens is 238 g/mol. The number of ether oxygens (including phenoxy) is 1. The Hall–Kier alpha value is -0.630. The third-order valence-electron chi connectivity index (χ3n) is 3.46. The lowest BCUT2D eigenvalue weighted by Gasteiger charge is -2.34. The third kappa shape index (κ3) is 5.48. The summed E-state index contributed by atoms with van der Waals surface area (Å²) in [6.07, 6.45) is 2.61. The van der Waals surface area contributed by atoms with E-state index in [1.54, 1.807) is 0 Å². The molecule has 4 heteroatoms. The Balaban J connectivity index is 2.50. The lowest BCUT2D eigenvalue weighted by molar-refractivity contribution is 0.0591. The standard InChI is InChI=1S/C15H29N3O/c1-12(2)17-15(10-16,14-6-7-14)11-18(5)8-9-19-13(3)4/h12-14,17H,6-9,11H2,1-5H3. The summed E-state index contributed by atoms with van der Waals surface area (Å²) in [5.74, 6) is 0.508. The van der Waals surface area contributed by atoms with Crippen molar-refractivity contribution in [2.75, 3.05) is 26.7 Å². The zero-order chi connectivity index (χ0) is 14.5. The van der Waals surface area contributed by atoms with Crippen LogP contribution in [0, 0.1) is 17.2 Å². The Bertz CT molecular complexity index is 307. The summed E-state index contributed by atoms with van der Waals surface area (Å²) in [6.45, 7) is 10.7. The van der Waals surface area contributed by atoms with E-state index in [0.717, 1.165) is 19.7 Å². The van der Waals surface area contributed by atoms with Crippen molar-refractivity contribution in [3.63, 3.8) is 0 Å². The maximum Gasteiger partial charge on any atom is 0.122 e. The zero-order valence-electron chi connectivity index (χ0n) is 13.1. The van der Waals surface area contributed by atoms with Crippen LogP contribution in [-0.2, 0) is 4.74 Å². The SMILES string of the molecule is CC(C)NC(C#N)(CN(C)CCOC(C)C)C1CC1. The van der Waals surface area contributed by atoms with Gasteiger partial charge in [-0.25, -0.2) is 0 Å². The highest BCUT2D eigenvalue weighted by Crippen LogP contribution is 2.40. The van der Waals surface area contributed by atoms with E-state index in [0.29, 0.717) is 12.0 Å². The van der Waals surface area contributed by atoms with Gasteiger partial charge in [0.2, 0.25) is 0 Å². The Labute approximate surface area is 118 Å². The van der Waals surface area contributed by atoms with Gasteiger partial charge in [0.1, 0.15) is 5.54 Å². The van der Waals surface area contributed by atoms with Gasteiger partial charge >= 0.3 is 0 Å². The molecule has 1 rings (SSSR count). The quantitative estimate of drug-likeness (QED) is 0.694. The van der Waals surface area contributed by atoms with E-state index in [2.05, 4.69) is 37.2 Å². The fourth-order valence-corrected chi connectivity index (χ4v) is 2.49. The fourth-order valence-electron chi connectivity index (χ4n) is 2.49. The summed E-state index contributed by atoms with van der Waals surface area (Å²) in [4.78, 5) is 2.21. The molecule has 0 radical (unpaired) electrons. The number of hydrogen-bond donors (Lipinski definition) is 1. The maximum absolute atomic E-state index is 9.63. The Morgan fingerprint density at radius 2 is 2.00 bits per heavy atom. The molecule has 1 N–H and O–H groups in total. The number of nitrogens with zero attached hydrogens (tertiary/aromatic N) is 2. The highest BCUT2D eigenvalue weighted by molar-refractivity contribution is 5.17. The highest BCUT2D eigenvalue weighted by atomic mass is 16.5. The number of rotatable bonds is 9. The predicted molar refractivity (Wildman–Crippen MR) is 77.9 cm³/mol. The molecule has 1 aliphatic carbocycles. The minimum atomic E-state index is -0.388. The molecule has 4 nitrogen and oxygen atoms in total. The Morgan fingerprint density at radius 1 is 1.37 bits per heavy atom. The lowest BCUT2D eigenvalue weighted by Crippen LogP contribution is -2.56. The molecule has 0 bridgehead atoms. The van der Waals surface area contributed by atoms with Gasteiger partial charge in [-0.05, 0) is 53.5 Å². The van der Waals surface area contributed by atoms with Crippen molar-refractivity contribution < 1.29 is 4.74 Å². The number of nitrogens with one attached hydrogen (secondary N) is 1. The Kier molecular flexibility index (Phi) is 6.25. The molecule has 0 aromatic rings. The van der Waals surface area contributed by atoms with Gasteiger partial charge in [-0.15, -0.1) is 0 Å². The van der Waals surface area contributed by atoms with E-state index in [-0.39, 0.29) is 11.6 Å². The molecule has 1 atom stereocenters. The molecule has 0 heterocycles. The van der Waals surface area contributed by atoms with Crippen LogP contribution in [0.5, 0.6) is 0 Å². The van der Waals surface area contributed by atoms with Crippen LogP contribution in [0.4, 0.5) is 0 Å². The van der Waals surface area contributed by atoms with Gasteiger partial charge < -0.3 is 9.64 Å². The average molecular weight is 267 g/mol. The smallest absolute Gasteiger partial charge is 0.122 e. The van der Waals surface area contributed by atoms with Crippen molar-refractivity contribution in [1.82, 2.24) is 10.2 Å². The first kappa shape index (κ1) is 16.4. The fraction of sp³-hybridized carbons (Fsp3) is 0.933. The lowest BCUT2D eigenvalue weighted by atomic mass is 9.93. The molecule has 0 spiro atoms. The van der Waals surface area contributed by atoms with Crippen molar-refractivity contribution in [3.05, 3.63) is 0 Å². The molecule has 1 unspecified atom stereocenters. The van der Waals surface area contributed by atoms with Crippen molar-refractivity contribution in [2.24, 2.45) is 5.92 Å². The Morgan fingerprint density at radius 3 is 2.42 bits per heavy atom. The van der Waals surface area contributed by atoms with Crippen molar-refractivity contribution in [1.29, 1.82) is 5.26 Å². The van der Waals surface area contributed by atoms with Gasteiger partial charge in [0, 0.05) is 19.1 Å². The highest BCUT2D eigenvalue weighted by Gasteiger charge is 2.46. The van der Waals surface area contributed by atoms with Gasteiger partial charge in [-0.2, -0.15) is 5.26 Å². The molecular formula is C15H29N3O. The van der Waals surface area contributed by atoms with E-state index in [9.17, 15) is 5.26 Å². The molecule has 1 saturated carbocycles. The van der Waals surface area contributed by atoms with Crippen molar-refractivity contribution >= 4 is 0 Å². The van der Waals surface area contributed by atoms with Gasteiger partial charge in [0.05, 0.1) is 18.8 Å². The van der Waals surface area contributed by atoms with Gasteiger partial charge in [-0.1, -0.05) is 0 Å². The summed E-state index contributed by atoms with van der Waals surface area (Å²) in [5, 5.41) is 13.1. The molecule has 19 heavy (non-hydrogen) atoms. The van der Waals surface area contributed by atoms with Gasteiger partial charge in [0.15, 0.2) is 0 Å². The second-order valence-electron chi connectivity index (χ2n) is 6.31. The first-order valence-corrected chi connectivity index (χ1v) is 7.38. The van der Waals surface area contributed by atoms with Crippen LogP contribution in [0.2, 0.25) is 0 Å². The average Bonchev–Trinajstić information content (AvgIpc) is 3.10. The predicted octanol–water partition coefficient (Wildman–Crippen LogP) is 2.01. The van der Waals surface area contributed by atoms with Crippen LogP contribution in [0.15, 0.2) is 0 Å². The summed E-state index contributed by atoms with van der Waals surface area (Å²) in [6, 6.07) is 2.88. The molecule has 0 saturated heterocycles. The normalized spacial score (nSPS) is 18.9. The summed E-state index contributed by atoms with van der Waals surface area (Å²) in [5.41, 5.74) is -0.388. The van der Waals surface area contributed by atoms with Gasteiger partial charge in [-0.3, -0.25) is 5.32 Å². The monoisotopic (exact) mass is 267 g/mol. The van der Waals surface area contributed by atoms with Crippen LogP contribution in [0.3, 0.4) is 0 Å². The molecule has 0 aromatic carbocycles. The third-order valence-corrected chi connectivity index (χ3v) is 3.46. The maximum atomic E-state index is 9.63. The second-order valence-corrected chi connectivity index (χ2v) is 6.31. The first-order valence-electron chi connectivity index (χ1n) is 7.38. The van der Waals surface area contributed by atoms with E-state index in [1.807, 2.05) is 13.8 Å². The summed E-state index contributed by atoms with van der Waals surface area (Å²) >= 11 is 0. The molecule has 1 aliphatic rings. The van der Waals surface area contributed by atoms with E-state index in [1.165, 1.54) is 12.8 Å². The summed E-state index contributed by atoms with van der Waals surface area (Å²) < 4.78 is 5.57. The second kappa shape index (κ2) is 7.23. The van der Waals surface area contributed by atoms with Crippen molar-refractivity contribution in [2.45, 2.75) is 58.2 Å². The largest absolute Gasteiger partial charge is 0.377 e. The number of hydrogen-bond acceptors (Lipinski definition) is 4. The van der Waals surface area contributed by atoms with Crippen LogP contribution >= 0.6 is 0 Å². The minimum Gasteiger partial charge on any atom is -0.377 e. The molecule has 1 fully saturated rings. The van der Waals surface area contributed by atoms with Crippen LogP contribution in [0.25, 0.3) is 0 Å². The number of likely N-dealkylation sites (N-methyl/N-ethyl adjacent to an activating group) is 1. The van der Waals surface area contributed by atoms with Crippen LogP contribution in [0.1, 0.15) is 40.5 Å².